The zero-order chi connectivity index (χ0) is 9.26. The Bertz CT molecular complexity index is 367. The molecular formula is C10H7NO2. The van der Waals surface area contributed by atoms with Gasteiger partial charge in [-0.2, -0.15) is 5.26 Å². The molecule has 64 valence electrons. The van der Waals surface area contributed by atoms with Crippen molar-refractivity contribution in [2.45, 2.75) is 12.5 Å². The fourth-order valence-corrected chi connectivity index (χ4v) is 1.26. The summed E-state index contributed by atoms with van der Waals surface area (Å²) in [5, 5.41) is 8.54. The molecule has 2 rings (SSSR count). The molecule has 1 heterocycles. The summed E-state index contributed by atoms with van der Waals surface area (Å²) in [7, 11) is 0. The minimum absolute atomic E-state index is 0.0970. The molecule has 1 unspecified atom stereocenters. The van der Waals surface area contributed by atoms with E-state index in [-0.39, 0.29) is 12.1 Å². The van der Waals surface area contributed by atoms with Crippen molar-refractivity contribution >= 4 is 5.97 Å². The smallest absolute Gasteiger partial charge is 0.310 e. The van der Waals surface area contributed by atoms with Crippen molar-refractivity contribution in [2.75, 3.05) is 0 Å². The molecule has 3 nitrogen and oxygen atoms in total. The molecule has 1 atom stereocenters. The summed E-state index contributed by atoms with van der Waals surface area (Å²) in [6.07, 6.45) is 0.353. The Kier molecular flexibility index (Phi) is 1.75. The minimum Gasteiger partial charge on any atom is -0.457 e. The lowest BCUT2D eigenvalue weighted by Crippen LogP contribution is -2.24. The molecule has 0 saturated carbocycles. The molecule has 3 heteroatoms. The van der Waals surface area contributed by atoms with Crippen molar-refractivity contribution in [1.29, 1.82) is 5.26 Å². The largest absolute Gasteiger partial charge is 0.457 e. The first kappa shape index (κ1) is 7.81. The summed E-state index contributed by atoms with van der Waals surface area (Å²) < 4.78 is 4.88. The van der Waals surface area contributed by atoms with E-state index < -0.39 is 0 Å². The van der Waals surface area contributed by atoms with E-state index in [0.29, 0.717) is 12.0 Å². The molecule has 0 spiro atoms. The average Bonchev–Trinajstić information content (AvgIpc) is 2.13. The van der Waals surface area contributed by atoms with E-state index in [0.717, 1.165) is 5.56 Å². The van der Waals surface area contributed by atoms with E-state index in [1.807, 2.05) is 18.2 Å². The van der Waals surface area contributed by atoms with Crippen LogP contribution in [0.25, 0.3) is 0 Å². The van der Waals surface area contributed by atoms with Gasteiger partial charge in [0.2, 0.25) is 0 Å². The Labute approximate surface area is 75.6 Å². The minimum atomic E-state index is -0.158. The second kappa shape index (κ2) is 2.91. The zero-order valence-electron chi connectivity index (χ0n) is 6.86. The predicted octanol–water partition coefficient (Wildman–Crippen LogP) is 1.55. The van der Waals surface area contributed by atoms with Crippen molar-refractivity contribution in [3.63, 3.8) is 0 Å². The third-order valence-corrected chi connectivity index (χ3v) is 2.04. The van der Waals surface area contributed by atoms with Crippen LogP contribution in [0.1, 0.15) is 23.7 Å². The van der Waals surface area contributed by atoms with Crippen molar-refractivity contribution < 1.29 is 9.53 Å². The molecule has 1 aliphatic heterocycles. The van der Waals surface area contributed by atoms with Crippen LogP contribution in [0.5, 0.6) is 0 Å². The summed E-state index contributed by atoms with van der Waals surface area (Å²) in [6, 6.07) is 9.11. The van der Waals surface area contributed by atoms with Crippen LogP contribution in [0.2, 0.25) is 0 Å². The fourth-order valence-electron chi connectivity index (χ4n) is 1.26. The maximum Gasteiger partial charge on any atom is 0.310 e. The Balaban J connectivity index is 2.15. The second-order valence-corrected chi connectivity index (χ2v) is 2.92. The first-order chi connectivity index (χ1) is 6.29. The van der Waals surface area contributed by atoms with Crippen LogP contribution < -0.4 is 0 Å². The third kappa shape index (κ3) is 1.38. The van der Waals surface area contributed by atoms with E-state index in [1.165, 1.54) is 0 Å². The van der Waals surface area contributed by atoms with Gasteiger partial charge in [0.15, 0.2) is 0 Å². The number of rotatable bonds is 1. The first-order valence-corrected chi connectivity index (χ1v) is 3.99. The Morgan fingerprint density at radius 2 is 2.00 bits per heavy atom. The molecule has 1 saturated heterocycles. The number of ether oxygens (including phenoxy) is 1. The number of nitrogens with zero attached hydrogens (tertiary/aromatic N) is 1. The highest BCUT2D eigenvalue weighted by atomic mass is 16.6. The van der Waals surface area contributed by atoms with Gasteiger partial charge in [-0.1, -0.05) is 12.1 Å². The lowest BCUT2D eigenvalue weighted by atomic mass is 10.0. The van der Waals surface area contributed by atoms with Crippen molar-refractivity contribution in [1.82, 2.24) is 0 Å². The normalized spacial score (nSPS) is 19.9. The van der Waals surface area contributed by atoms with E-state index in [9.17, 15) is 4.79 Å². The number of esters is 1. The molecule has 1 aromatic carbocycles. The summed E-state index contributed by atoms with van der Waals surface area (Å²) in [5.41, 5.74) is 1.58. The van der Waals surface area contributed by atoms with E-state index in [2.05, 4.69) is 0 Å². The fraction of sp³-hybridized carbons (Fsp3) is 0.200. The third-order valence-electron chi connectivity index (χ3n) is 2.04. The highest BCUT2D eigenvalue weighted by molar-refractivity contribution is 5.75. The maximum atomic E-state index is 10.5. The molecule has 0 N–H and O–H groups in total. The highest BCUT2D eigenvalue weighted by Gasteiger charge is 2.29. The van der Waals surface area contributed by atoms with Crippen LogP contribution in [0.4, 0.5) is 0 Å². The molecule has 0 bridgehead atoms. The molecule has 1 aliphatic rings. The van der Waals surface area contributed by atoms with Gasteiger partial charge in [-0.3, -0.25) is 4.79 Å². The number of hydrogen-bond donors (Lipinski definition) is 0. The topological polar surface area (TPSA) is 50.1 Å². The molecule has 1 aromatic rings. The quantitative estimate of drug-likeness (QED) is 0.605. The van der Waals surface area contributed by atoms with Gasteiger partial charge in [-0.15, -0.1) is 0 Å². The standard InChI is InChI=1S/C10H7NO2/c11-6-7-1-3-8(4-2-7)9-5-10(12)13-9/h1-4,9H,5H2. The summed E-state index contributed by atoms with van der Waals surface area (Å²) in [6.45, 7) is 0. The van der Waals surface area contributed by atoms with Crippen molar-refractivity contribution in [2.24, 2.45) is 0 Å². The number of carbonyl (C=O) groups is 1. The molecule has 13 heavy (non-hydrogen) atoms. The van der Waals surface area contributed by atoms with Gasteiger partial charge >= 0.3 is 5.97 Å². The van der Waals surface area contributed by atoms with Gasteiger partial charge in [-0.25, -0.2) is 0 Å². The predicted molar refractivity (Wildman–Crippen MR) is 44.6 cm³/mol. The lowest BCUT2D eigenvalue weighted by molar-refractivity contribution is -0.170. The molecule has 0 aliphatic carbocycles. The first-order valence-electron chi connectivity index (χ1n) is 3.99. The number of benzene rings is 1. The van der Waals surface area contributed by atoms with Crippen LogP contribution >= 0.6 is 0 Å². The van der Waals surface area contributed by atoms with Crippen LogP contribution in [0, 0.1) is 11.3 Å². The van der Waals surface area contributed by atoms with Crippen molar-refractivity contribution in [3.8, 4) is 6.07 Å². The van der Waals surface area contributed by atoms with Gasteiger partial charge in [0, 0.05) is 0 Å². The highest BCUT2D eigenvalue weighted by Crippen LogP contribution is 2.30. The average molecular weight is 173 g/mol. The van der Waals surface area contributed by atoms with Gasteiger partial charge in [0.25, 0.3) is 0 Å². The molecular weight excluding hydrogens is 166 g/mol. The van der Waals surface area contributed by atoms with Gasteiger partial charge in [-0.05, 0) is 17.7 Å². The monoisotopic (exact) mass is 173 g/mol. The SMILES string of the molecule is N#Cc1ccc(C2CC(=O)O2)cc1. The Hall–Kier alpha value is -1.82. The number of hydrogen-bond acceptors (Lipinski definition) is 3. The summed E-state index contributed by atoms with van der Waals surface area (Å²) >= 11 is 0. The molecule has 1 fully saturated rings. The van der Waals surface area contributed by atoms with Crippen LogP contribution in [-0.4, -0.2) is 5.97 Å². The van der Waals surface area contributed by atoms with Gasteiger partial charge < -0.3 is 4.74 Å². The second-order valence-electron chi connectivity index (χ2n) is 2.92. The van der Waals surface area contributed by atoms with Gasteiger partial charge in [0.1, 0.15) is 6.10 Å². The van der Waals surface area contributed by atoms with Crippen molar-refractivity contribution in [3.05, 3.63) is 35.4 Å². The Morgan fingerprint density at radius 3 is 2.46 bits per heavy atom. The number of nitriles is 1. The molecule has 0 radical (unpaired) electrons. The Morgan fingerprint density at radius 1 is 1.38 bits per heavy atom. The summed E-state index contributed by atoms with van der Waals surface area (Å²) in [4.78, 5) is 10.5. The lowest BCUT2D eigenvalue weighted by Gasteiger charge is -2.25. The van der Waals surface area contributed by atoms with Crippen LogP contribution in [0.3, 0.4) is 0 Å². The summed E-state index contributed by atoms with van der Waals surface area (Å²) in [5.74, 6) is -0.158. The zero-order valence-corrected chi connectivity index (χ0v) is 6.86. The molecule has 0 amide bonds. The maximum absolute atomic E-state index is 10.5. The van der Waals surface area contributed by atoms with E-state index >= 15 is 0 Å². The number of carbonyl (C=O) groups excluding carboxylic acids is 1. The van der Waals surface area contributed by atoms with E-state index in [4.69, 9.17) is 10.00 Å². The van der Waals surface area contributed by atoms with Crippen LogP contribution in [-0.2, 0) is 9.53 Å². The van der Waals surface area contributed by atoms with Crippen LogP contribution in [0.15, 0.2) is 24.3 Å². The molecule has 0 aromatic heterocycles. The van der Waals surface area contributed by atoms with Gasteiger partial charge in [0.05, 0.1) is 18.1 Å². The number of cyclic esters (lactones) is 1. The van der Waals surface area contributed by atoms with E-state index in [1.54, 1.807) is 12.1 Å².